The number of carbonyl (C=O) groups excluding carboxylic acids is 2. The van der Waals surface area contributed by atoms with Crippen molar-refractivity contribution in [1.29, 1.82) is 0 Å². The molecular weight excluding hydrogens is 627 g/mol. The number of halogens is 1. The number of oxazole rings is 1. The highest BCUT2D eigenvalue weighted by Crippen LogP contribution is 2.34. The predicted octanol–water partition coefficient (Wildman–Crippen LogP) is 4.43. The third-order valence-corrected chi connectivity index (χ3v) is 9.63. The number of fused-ring (bicyclic) bond motifs is 5. The number of amides is 2. The molecule has 2 aliphatic rings. The number of anilines is 1. The van der Waals surface area contributed by atoms with Crippen molar-refractivity contribution in [2.24, 2.45) is 0 Å². The topological polar surface area (TPSA) is 156 Å². The maximum atomic E-state index is 15.1. The lowest BCUT2D eigenvalue weighted by atomic mass is 10.0. The zero-order valence-electron chi connectivity index (χ0n) is 25.8. The minimum absolute atomic E-state index is 0.0301. The average Bonchev–Trinajstić information content (AvgIpc) is 3.92. The van der Waals surface area contributed by atoms with Crippen LogP contribution in [0.15, 0.2) is 94.4 Å². The highest BCUT2D eigenvalue weighted by molar-refractivity contribution is 5.97. The molecule has 2 amide bonds. The van der Waals surface area contributed by atoms with Gasteiger partial charge in [-0.3, -0.25) is 18.8 Å². The van der Waals surface area contributed by atoms with E-state index < -0.39 is 11.7 Å². The fourth-order valence-corrected chi connectivity index (χ4v) is 7.25. The highest BCUT2D eigenvalue weighted by Gasteiger charge is 2.48. The van der Waals surface area contributed by atoms with E-state index in [-0.39, 0.29) is 35.1 Å². The molecule has 3 aromatic carbocycles. The normalized spacial score (nSPS) is 17.2. The van der Waals surface area contributed by atoms with Crippen molar-refractivity contribution < 1.29 is 18.4 Å². The summed E-state index contributed by atoms with van der Waals surface area (Å²) < 4.78 is 22.3. The number of nitrogen functional groups attached to an aromatic ring is 1. The van der Waals surface area contributed by atoms with Crippen LogP contribution < -0.4 is 11.3 Å². The molecule has 2 unspecified atom stereocenters. The Morgan fingerprint density at radius 2 is 1.71 bits per heavy atom. The number of hydrogen-bond donors (Lipinski definition) is 2. The van der Waals surface area contributed by atoms with Crippen LogP contribution in [-0.4, -0.2) is 71.4 Å². The van der Waals surface area contributed by atoms with E-state index in [1.54, 1.807) is 50.7 Å². The van der Waals surface area contributed by atoms with E-state index in [9.17, 15) is 14.4 Å². The fraction of sp³-hybridized carbons (Fsp3) is 0.167. The predicted molar refractivity (Wildman–Crippen MR) is 178 cm³/mol. The summed E-state index contributed by atoms with van der Waals surface area (Å²) in [5, 5.41) is 7.96. The van der Waals surface area contributed by atoms with Gasteiger partial charge in [0.2, 0.25) is 0 Å². The monoisotopic (exact) mass is 654 g/mol. The molecule has 2 atom stereocenters. The number of aromatic amines is 1. The fourth-order valence-electron chi connectivity index (χ4n) is 7.25. The van der Waals surface area contributed by atoms with Gasteiger partial charge < -0.3 is 20.0 Å². The largest absolute Gasteiger partial charge is 0.424 e. The Balaban J connectivity index is 0.937. The molecule has 9 rings (SSSR count). The molecule has 12 nitrogen and oxygen atoms in total. The molecule has 3 N–H and O–H groups in total. The number of likely N-dealkylation sites (tertiary alicyclic amines) is 2. The summed E-state index contributed by atoms with van der Waals surface area (Å²) in [6.07, 6.45) is 4.34. The second kappa shape index (κ2) is 10.8. The van der Waals surface area contributed by atoms with Gasteiger partial charge in [-0.05, 0) is 65.6 Å². The molecule has 2 bridgehead atoms. The van der Waals surface area contributed by atoms with Gasteiger partial charge in [0.05, 0.1) is 34.9 Å². The number of carbonyl (C=O) groups is 2. The Morgan fingerprint density at radius 1 is 0.939 bits per heavy atom. The molecule has 49 heavy (non-hydrogen) atoms. The molecule has 2 saturated heterocycles. The van der Waals surface area contributed by atoms with Crippen LogP contribution in [0.1, 0.15) is 38.5 Å². The van der Waals surface area contributed by atoms with Crippen LogP contribution in [0.4, 0.5) is 10.4 Å². The lowest BCUT2D eigenvalue weighted by Crippen LogP contribution is -2.51. The number of pyridine rings is 1. The second-order valence-electron chi connectivity index (χ2n) is 12.5. The van der Waals surface area contributed by atoms with E-state index in [1.807, 2.05) is 42.6 Å². The number of rotatable bonds is 5. The van der Waals surface area contributed by atoms with Crippen molar-refractivity contribution in [3.05, 3.63) is 124 Å². The van der Waals surface area contributed by atoms with Crippen LogP contribution in [0.2, 0.25) is 0 Å². The van der Waals surface area contributed by atoms with Crippen molar-refractivity contribution in [2.45, 2.75) is 24.9 Å². The minimum Gasteiger partial charge on any atom is -0.424 e. The van der Waals surface area contributed by atoms with Gasteiger partial charge in [-0.15, -0.1) is 0 Å². The number of H-pyrrole nitrogens is 1. The summed E-state index contributed by atoms with van der Waals surface area (Å²) in [4.78, 5) is 52.0. The van der Waals surface area contributed by atoms with Gasteiger partial charge in [0.1, 0.15) is 22.7 Å². The summed E-state index contributed by atoms with van der Waals surface area (Å²) in [5.41, 5.74) is 10.7. The van der Waals surface area contributed by atoms with E-state index in [1.165, 1.54) is 6.07 Å². The van der Waals surface area contributed by atoms with E-state index >= 15 is 4.39 Å². The number of hydrogen-bond acceptors (Lipinski definition) is 8. The number of imidazole rings is 1. The molecule has 2 fully saturated rings. The molecule has 0 spiro atoms. The quantitative estimate of drug-likeness (QED) is 0.276. The molecule has 13 heteroatoms. The first-order valence-corrected chi connectivity index (χ1v) is 15.8. The van der Waals surface area contributed by atoms with Crippen molar-refractivity contribution in [3.8, 4) is 11.1 Å². The number of benzene rings is 3. The minimum atomic E-state index is -0.614. The molecule has 0 radical (unpaired) electrons. The van der Waals surface area contributed by atoms with E-state index in [0.29, 0.717) is 70.4 Å². The van der Waals surface area contributed by atoms with Crippen molar-refractivity contribution >= 4 is 45.3 Å². The van der Waals surface area contributed by atoms with Crippen LogP contribution in [0.5, 0.6) is 0 Å². The molecule has 4 aromatic heterocycles. The molecule has 6 heterocycles. The SMILES string of the molecule is Nc1nc2cc(-c3ccc4ncc(C(=O)N5CC6CC5CN6C(=O)c5cc(Cc6n[nH]c(=O)c7ccccc67)ccc5F)n4c3)ccc2o1. The van der Waals surface area contributed by atoms with Crippen molar-refractivity contribution in [1.82, 2.24) is 34.4 Å². The van der Waals surface area contributed by atoms with Crippen molar-refractivity contribution in [3.63, 3.8) is 0 Å². The third kappa shape index (κ3) is 4.73. The Morgan fingerprint density at radius 3 is 2.53 bits per heavy atom. The number of nitrogens with two attached hydrogens (primary N) is 1. The Labute approximate surface area is 276 Å². The van der Waals surface area contributed by atoms with Crippen LogP contribution in [-0.2, 0) is 6.42 Å². The van der Waals surface area contributed by atoms with Gasteiger partial charge >= 0.3 is 0 Å². The lowest BCUT2D eigenvalue weighted by molar-refractivity contribution is 0.0520. The maximum absolute atomic E-state index is 15.1. The third-order valence-electron chi connectivity index (χ3n) is 9.63. The number of piperazine rings is 1. The van der Waals surface area contributed by atoms with Gasteiger partial charge in [0, 0.05) is 31.1 Å². The van der Waals surface area contributed by atoms with Crippen LogP contribution in [0.3, 0.4) is 0 Å². The average molecular weight is 655 g/mol. The molecule has 0 saturated carbocycles. The van der Waals surface area contributed by atoms with Crippen LogP contribution in [0, 0.1) is 5.82 Å². The summed E-state index contributed by atoms with van der Waals surface area (Å²) >= 11 is 0. The molecular formula is C36H27FN8O4. The Bertz CT molecular complexity index is 2560. The smallest absolute Gasteiger partial charge is 0.292 e. The van der Waals surface area contributed by atoms with E-state index in [0.717, 1.165) is 11.1 Å². The summed E-state index contributed by atoms with van der Waals surface area (Å²) in [6, 6.07) is 20.6. The Kier molecular flexibility index (Phi) is 6.37. The summed E-state index contributed by atoms with van der Waals surface area (Å²) in [6.45, 7) is 0.634. The first-order valence-electron chi connectivity index (χ1n) is 15.8. The van der Waals surface area contributed by atoms with E-state index in [2.05, 4.69) is 20.2 Å². The summed E-state index contributed by atoms with van der Waals surface area (Å²) in [5.74, 6) is -1.21. The first kappa shape index (κ1) is 28.8. The van der Waals surface area contributed by atoms with Gasteiger partial charge in [0.25, 0.3) is 23.4 Å². The lowest BCUT2D eigenvalue weighted by Gasteiger charge is -2.34. The standard InChI is InChI=1S/C36H27FN8O4/c37-27-8-5-19(12-28-24-3-1-2-4-25(24)33(46)42-41-28)11-26(27)34(47)43-17-23-14-22(43)18-44(23)35(48)30-15-39-32-10-7-21(16-45(30)32)20-6-9-31-29(13-20)40-36(38)49-31/h1-11,13,15-16,22-23H,12,14,17-18H2,(H2,38,40)(H,42,46). The van der Waals surface area contributed by atoms with Gasteiger partial charge in [-0.25, -0.2) is 14.5 Å². The molecule has 7 aromatic rings. The first-order chi connectivity index (χ1) is 23.8. The second-order valence-corrected chi connectivity index (χ2v) is 12.5. The molecule has 242 valence electrons. The van der Waals surface area contributed by atoms with Crippen LogP contribution in [0.25, 0.3) is 38.6 Å². The number of aromatic nitrogens is 5. The van der Waals surface area contributed by atoms with Crippen LogP contribution >= 0.6 is 0 Å². The van der Waals surface area contributed by atoms with Gasteiger partial charge in [0.15, 0.2) is 5.58 Å². The number of nitrogens with one attached hydrogen (secondary N) is 1. The molecule has 2 aliphatic heterocycles. The zero-order chi connectivity index (χ0) is 33.4. The van der Waals surface area contributed by atoms with Crippen molar-refractivity contribution in [2.75, 3.05) is 18.8 Å². The van der Waals surface area contributed by atoms with Gasteiger partial charge in [-0.2, -0.15) is 10.1 Å². The summed E-state index contributed by atoms with van der Waals surface area (Å²) in [7, 11) is 0. The van der Waals surface area contributed by atoms with Gasteiger partial charge in [-0.1, -0.05) is 30.3 Å². The Hall–Kier alpha value is -6.37. The highest BCUT2D eigenvalue weighted by atomic mass is 19.1. The number of nitrogens with zero attached hydrogens (tertiary/aromatic N) is 6. The zero-order valence-corrected chi connectivity index (χ0v) is 25.8. The maximum Gasteiger partial charge on any atom is 0.292 e. The van der Waals surface area contributed by atoms with E-state index in [4.69, 9.17) is 10.2 Å². The molecule has 0 aliphatic carbocycles.